The number of ketones is 2. The SMILES string of the molecule is COc1cc(Cc2cnc(N)nc2N)cc(C(=O)/C=C/N2N=Cc3ccccc3C2CC(C)=O)c1OC. The van der Waals surface area contributed by atoms with E-state index >= 15 is 0 Å². The molecule has 2 aromatic carbocycles. The first kappa shape index (κ1) is 25.4. The van der Waals surface area contributed by atoms with E-state index in [1.54, 1.807) is 35.8 Å². The van der Waals surface area contributed by atoms with Crippen LogP contribution in [0.2, 0.25) is 0 Å². The van der Waals surface area contributed by atoms with E-state index in [2.05, 4.69) is 15.1 Å². The second-order valence-electron chi connectivity index (χ2n) is 8.55. The minimum Gasteiger partial charge on any atom is -0.493 e. The number of fused-ring (bicyclic) bond motifs is 1. The summed E-state index contributed by atoms with van der Waals surface area (Å²) in [5.41, 5.74) is 15.2. The monoisotopic (exact) mass is 500 g/mol. The highest BCUT2D eigenvalue weighted by atomic mass is 16.5. The fraction of sp³-hybridized carbons (Fsp3) is 0.222. The lowest BCUT2D eigenvalue weighted by Crippen LogP contribution is -2.25. The Morgan fingerprint density at radius 1 is 1.14 bits per heavy atom. The number of anilines is 2. The van der Waals surface area contributed by atoms with Gasteiger partial charge in [0.15, 0.2) is 17.3 Å². The zero-order chi connectivity index (χ0) is 26.5. The fourth-order valence-corrected chi connectivity index (χ4v) is 4.23. The third-order valence-electron chi connectivity index (χ3n) is 5.98. The number of methoxy groups -OCH3 is 2. The number of nitrogen functional groups attached to an aromatic ring is 2. The van der Waals surface area contributed by atoms with Gasteiger partial charge in [-0.1, -0.05) is 24.3 Å². The summed E-state index contributed by atoms with van der Waals surface area (Å²) in [6.07, 6.45) is 6.85. The Morgan fingerprint density at radius 2 is 1.92 bits per heavy atom. The van der Waals surface area contributed by atoms with Crippen LogP contribution >= 0.6 is 0 Å². The maximum absolute atomic E-state index is 13.4. The summed E-state index contributed by atoms with van der Waals surface area (Å²) in [5.74, 6) is 0.734. The van der Waals surface area contributed by atoms with E-state index in [0.717, 1.165) is 16.7 Å². The Kier molecular flexibility index (Phi) is 7.47. The van der Waals surface area contributed by atoms with Gasteiger partial charge in [0.05, 0.1) is 32.0 Å². The lowest BCUT2D eigenvalue weighted by Gasteiger charge is -2.30. The third kappa shape index (κ3) is 5.58. The molecule has 1 aliphatic rings. The number of nitrogens with two attached hydrogens (primary N) is 2. The zero-order valence-electron chi connectivity index (χ0n) is 20.8. The van der Waals surface area contributed by atoms with Crippen LogP contribution in [-0.2, 0) is 11.2 Å². The highest BCUT2D eigenvalue weighted by Gasteiger charge is 2.25. The number of allylic oxidation sites excluding steroid dienone is 1. The maximum Gasteiger partial charge on any atom is 0.221 e. The highest BCUT2D eigenvalue weighted by molar-refractivity contribution is 6.07. The van der Waals surface area contributed by atoms with Crippen molar-refractivity contribution in [3.05, 3.63) is 82.7 Å². The molecule has 0 fully saturated rings. The van der Waals surface area contributed by atoms with E-state index in [1.165, 1.54) is 27.2 Å². The van der Waals surface area contributed by atoms with Gasteiger partial charge in [-0.3, -0.25) is 14.6 Å². The Balaban J connectivity index is 1.66. The number of Topliss-reactive ketones (excluding diaryl/α,β-unsaturated/α-hetero) is 1. The number of rotatable bonds is 9. The summed E-state index contributed by atoms with van der Waals surface area (Å²) < 4.78 is 11.0. The molecule has 0 bridgehead atoms. The van der Waals surface area contributed by atoms with Gasteiger partial charge in [0, 0.05) is 36.9 Å². The standard InChI is InChI=1S/C27H28N6O4/c1-16(34)10-22-20-7-5-4-6-18(20)15-31-33(22)9-8-23(35)21-12-17(13-24(36-2)25(21)37-3)11-19-14-30-27(29)32-26(19)28/h4-9,12-15,22H,10-11H2,1-3H3,(H4,28,29,30,32)/b9-8+. The lowest BCUT2D eigenvalue weighted by molar-refractivity contribution is -0.118. The van der Waals surface area contributed by atoms with Gasteiger partial charge in [0.2, 0.25) is 5.95 Å². The van der Waals surface area contributed by atoms with E-state index in [-0.39, 0.29) is 35.8 Å². The maximum atomic E-state index is 13.4. The summed E-state index contributed by atoms with van der Waals surface area (Å²) >= 11 is 0. The average Bonchev–Trinajstić information content (AvgIpc) is 2.88. The van der Waals surface area contributed by atoms with E-state index in [0.29, 0.717) is 29.0 Å². The van der Waals surface area contributed by atoms with Crippen molar-refractivity contribution in [1.82, 2.24) is 15.0 Å². The molecule has 3 aromatic rings. The topological polar surface area (TPSA) is 146 Å². The molecule has 0 saturated carbocycles. The molecule has 4 rings (SSSR count). The molecule has 1 atom stereocenters. The van der Waals surface area contributed by atoms with Crippen molar-refractivity contribution in [3.8, 4) is 11.5 Å². The van der Waals surface area contributed by atoms with Crippen molar-refractivity contribution < 1.29 is 19.1 Å². The van der Waals surface area contributed by atoms with Crippen molar-refractivity contribution >= 4 is 29.5 Å². The summed E-state index contributed by atoms with van der Waals surface area (Å²) in [6.45, 7) is 1.54. The molecule has 4 N–H and O–H groups in total. The van der Waals surface area contributed by atoms with Gasteiger partial charge in [0.25, 0.3) is 0 Å². The van der Waals surface area contributed by atoms with Crippen molar-refractivity contribution in [2.45, 2.75) is 25.8 Å². The van der Waals surface area contributed by atoms with E-state index in [1.807, 2.05) is 24.3 Å². The molecule has 37 heavy (non-hydrogen) atoms. The summed E-state index contributed by atoms with van der Waals surface area (Å²) in [7, 11) is 2.97. The number of carbonyl (C=O) groups excluding carboxylic acids is 2. The Morgan fingerprint density at radius 3 is 2.62 bits per heavy atom. The lowest BCUT2D eigenvalue weighted by atomic mass is 9.95. The van der Waals surface area contributed by atoms with Crippen LogP contribution in [-0.4, -0.2) is 47.0 Å². The molecular weight excluding hydrogens is 472 g/mol. The van der Waals surface area contributed by atoms with E-state index in [4.69, 9.17) is 20.9 Å². The normalized spacial score (nSPS) is 14.5. The van der Waals surface area contributed by atoms with Crippen molar-refractivity contribution in [2.75, 3.05) is 25.7 Å². The van der Waals surface area contributed by atoms with Crippen LogP contribution in [0.4, 0.5) is 11.8 Å². The van der Waals surface area contributed by atoms with Gasteiger partial charge in [-0.25, -0.2) is 4.98 Å². The quantitative estimate of drug-likeness (QED) is 0.334. The number of aromatic nitrogens is 2. The highest BCUT2D eigenvalue weighted by Crippen LogP contribution is 2.35. The van der Waals surface area contributed by atoms with E-state index in [9.17, 15) is 9.59 Å². The van der Waals surface area contributed by atoms with Gasteiger partial charge in [-0.2, -0.15) is 10.1 Å². The van der Waals surface area contributed by atoms with Crippen LogP contribution < -0.4 is 20.9 Å². The minimum atomic E-state index is -0.325. The Labute approximate surface area is 214 Å². The predicted octanol–water partition coefficient (Wildman–Crippen LogP) is 3.32. The first-order valence-corrected chi connectivity index (χ1v) is 11.6. The second-order valence-corrected chi connectivity index (χ2v) is 8.55. The van der Waals surface area contributed by atoms with E-state index < -0.39 is 0 Å². The van der Waals surface area contributed by atoms with Gasteiger partial charge in [-0.05, 0) is 35.7 Å². The van der Waals surface area contributed by atoms with Crippen LogP contribution in [0.15, 0.2) is 60.0 Å². The van der Waals surface area contributed by atoms with Crippen LogP contribution in [0.3, 0.4) is 0 Å². The van der Waals surface area contributed by atoms with Crippen molar-refractivity contribution in [1.29, 1.82) is 0 Å². The van der Waals surface area contributed by atoms with Gasteiger partial charge >= 0.3 is 0 Å². The first-order valence-electron chi connectivity index (χ1n) is 11.6. The van der Waals surface area contributed by atoms with Crippen molar-refractivity contribution in [3.63, 3.8) is 0 Å². The van der Waals surface area contributed by atoms with Gasteiger partial charge in [0.1, 0.15) is 11.6 Å². The molecule has 10 heteroatoms. The number of benzene rings is 2. The minimum absolute atomic E-state index is 0.0201. The molecule has 190 valence electrons. The Hall–Kier alpha value is -4.73. The second kappa shape index (κ2) is 10.9. The number of ether oxygens (including phenoxy) is 2. The average molecular weight is 501 g/mol. The molecule has 10 nitrogen and oxygen atoms in total. The number of hydrogen-bond acceptors (Lipinski definition) is 10. The molecule has 1 aromatic heterocycles. The molecule has 2 heterocycles. The van der Waals surface area contributed by atoms with Crippen LogP contribution in [0, 0.1) is 0 Å². The molecule has 0 amide bonds. The largest absolute Gasteiger partial charge is 0.493 e. The fourth-order valence-electron chi connectivity index (χ4n) is 4.23. The van der Waals surface area contributed by atoms with Gasteiger partial charge < -0.3 is 20.9 Å². The molecule has 1 unspecified atom stereocenters. The summed E-state index contributed by atoms with van der Waals surface area (Å²) in [6, 6.07) is 10.9. The number of hydrogen-bond donors (Lipinski definition) is 2. The number of carbonyl (C=O) groups is 2. The third-order valence-corrected chi connectivity index (χ3v) is 5.98. The zero-order valence-corrected chi connectivity index (χ0v) is 20.8. The molecule has 1 aliphatic heterocycles. The molecular formula is C27H28N6O4. The first-order chi connectivity index (χ1) is 17.8. The predicted molar refractivity (Wildman–Crippen MR) is 141 cm³/mol. The van der Waals surface area contributed by atoms with Crippen molar-refractivity contribution in [2.24, 2.45) is 5.10 Å². The van der Waals surface area contributed by atoms with Gasteiger partial charge in [-0.15, -0.1) is 0 Å². The summed E-state index contributed by atoms with van der Waals surface area (Å²) in [4.78, 5) is 33.4. The summed E-state index contributed by atoms with van der Waals surface area (Å²) in [5, 5.41) is 6.09. The van der Waals surface area contributed by atoms with Crippen LogP contribution in [0.25, 0.3) is 0 Å². The smallest absolute Gasteiger partial charge is 0.221 e. The number of hydrazone groups is 1. The van der Waals surface area contributed by atoms with Crippen LogP contribution in [0.1, 0.15) is 52.0 Å². The molecule has 0 saturated heterocycles. The molecule has 0 spiro atoms. The van der Waals surface area contributed by atoms with Crippen LogP contribution in [0.5, 0.6) is 11.5 Å². The Bertz CT molecular complexity index is 1400. The molecule has 0 radical (unpaired) electrons. The molecule has 0 aliphatic carbocycles. The number of nitrogens with zero attached hydrogens (tertiary/aromatic N) is 4.